The number of aromatic amines is 1. The summed E-state index contributed by atoms with van der Waals surface area (Å²) in [4.78, 5) is 27.9. The van der Waals surface area contributed by atoms with Crippen LogP contribution in [0.25, 0.3) is 22.8 Å². The number of pyridine rings is 1. The second kappa shape index (κ2) is 7.35. The van der Waals surface area contributed by atoms with Gasteiger partial charge in [0.15, 0.2) is 5.82 Å². The van der Waals surface area contributed by atoms with Gasteiger partial charge in [-0.3, -0.25) is 14.9 Å². The van der Waals surface area contributed by atoms with Crippen LogP contribution in [0.15, 0.2) is 48.7 Å². The summed E-state index contributed by atoms with van der Waals surface area (Å²) in [5, 5.41) is 10.2. The van der Waals surface area contributed by atoms with E-state index < -0.39 is 5.91 Å². The van der Waals surface area contributed by atoms with Crippen LogP contribution in [0.2, 0.25) is 0 Å². The maximum atomic E-state index is 11.1. The number of aryl methyl sites for hydroxylation is 1. The Morgan fingerprint density at radius 2 is 1.86 bits per heavy atom. The van der Waals surface area contributed by atoms with Crippen LogP contribution in [-0.4, -0.2) is 36.0 Å². The van der Waals surface area contributed by atoms with Crippen molar-refractivity contribution in [3.05, 3.63) is 59.9 Å². The Labute approximate surface area is 165 Å². The zero-order chi connectivity index (χ0) is 20.4. The number of benzene rings is 1. The SMILES string of the molecule is Cc1ccc(Nc2nc(N)nc(-c3cc(-c4ccc(C(N)=O)nc4)n[nH]3)n2)cc1. The highest BCUT2D eigenvalue weighted by atomic mass is 16.1. The smallest absolute Gasteiger partial charge is 0.267 e. The third-order valence-electron chi connectivity index (χ3n) is 4.09. The summed E-state index contributed by atoms with van der Waals surface area (Å²) in [7, 11) is 0. The van der Waals surface area contributed by atoms with Gasteiger partial charge in [-0.25, -0.2) is 0 Å². The molecule has 0 saturated heterocycles. The van der Waals surface area contributed by atoms with Gasteiger partial charge in [0.25, 0.3) is 5.91 Å². The number of amides is 1. The van der Waals surface area contributed by atoms with Crippen molar-refractivity contribution in [2.75, 3.05) is 11.1 Å². The summed E-state index contributed by atoms with van der Waals surface area (Å²) in [6.07, 6.45) is 1.52. The van der Waals surface area contributed by atoms with E-state index in [2.05, 4.69) is 35.5 Å². The van der Waals surface area contributed by atoms with Crippen LogP contribution in [0, 0.1) is 6.92 Å². The molecule has 0 spiro atoms. The van der Waals surface area contributed by atoms with Crippen LogP contribution in [0.5, 0.6) is 0 Å². The van der Waals surface area contributed by atoms with Gasteiger partial charge in [0.05, 0.1) is 5.69 Å². The second-order valence-electron chi connectivity index (χ2n) is 6.30. The Bertz CT molecular complexity index is 1170. The van der Waals surface area contributed by atoms with Gasteiger partial charge >= 0.3 is 0 Å². The van der Waals surface area contributed by atoms with Gasteiger partial charge in [0, 0.05) is 17.4 Å². The van der Waals surface area contributed by atoms with Crippen molar-refractivity contribution in [1.82, 2.24) is 30.1 Å². The van der Waals surface area contributed by atoms with Crippen LogP contribution in [0.1, 0.15) is 16.1 Å². The number of rotatable bonds is 5. The molecule has 144 valence electrons. The van der Waals surface area contributed by atoms with Crippen molar-refractivity contribution < 1.29 is 4.79 Å². The number of nitrogen functional groups attached to an aromatic ring is 1. The Kier molecular flexibility index (Phi) is 4.57. The molecule has 3 aromatic heterocycles. The molecule has 1 amide bonds. The first-order chi connectivity index (χ1) is 14.0. The maximum absolute atomic E-state index is 11.1. The number of nitrogens with zero attached hydrogens (tertiary/aromatic N) is 5. The first-order valence-electron chi connectivity index (χ1n) is 8.65. The third kappa shape index (κ3) is 4.00. The Morgan fingerprint density at radius 3 is 2.55 bits per heavy atom. The van der Waals surface area contributed by atoms with Gasteiger partial charge in [-0.15, -0.1) is 0 Å². The number of hydrogen-bond donors (Lipinski definition) is 4. The number of anilines is 3. The molecule has 6 N–H and O–H groups in total. The molecule has 4 aromatic rings. The van der Waals surface area contributed by atoms with Crippen molar-refractivity contribution in [2.45, 2.75) is 6.92 Å². The fraction of sp³-hybridized carbons (Fsp3) is 0.0526. The van der Waals surface area contributed by atoms with Crippen molar-refractivity contribution in [1.29, 1.82) is 0 Å². The molecule has 0 unspecified atom stereocenters. The Morgan fingerprint density at radius 1 is 1.07 bits per heavy atom. The molecule has 0 aliphatic heterocycles. The second-order valence-corrected chi connectivity index (χ2v) is 6.30. The van der Waals surface area contributed by atoms with Crippen LogP contribution < -0.4 is 16.8 Å². The van der Waals surface area contributed by atoms with Gasteiger partial charge in [-0.1, -0.05) is 17.7 Å². The van der Waals surface area contributed by atoms with Gasteiger partial charge in [0.1, 0.15) is 11.4 Å². The topological polar surface area (TPSA) is 161 Å². The number of hydrogen-bond acceptors (Lipinski definition) is 8. The number of nitrogens with two attached hydrogens (primary N) is 2. The zero-order valence-electron chi connectivity index (χ0n) is 15.4. The molecule has 4 rings (SSSR count). The van der Waals surface area contributed by atoms with Gasteiger partial charge in [-0.05, 0) is 37.3 Å². The van der Waals surface area contributed by atoms with E-state index in [0.29, 0.717) is 28.7 Å². The van der Waals surface area contributed by atoms with E-state index in [1.807, 2.05) is 31.2 Å². The molecule has 0 aliphatic rings. The highest BCUT2D eigenvalue weighted by Gasteiger charge is 2.12. The summed E-state index contributed by atoms with van der Waals surface area (Å²) in [6, 6.07) is 12.8. The number of primary amides is 1. The van der Waals surface area contributed by atoms with Crippen molar-refractivity contribution in [3.8, 4) is 22.8 Å². The Hall–Kier alpha value is -4.34. The van der Waals surface area contributed by atoms with Crippen molar-refractivity contribution in [3.63, 3.8) is 0 Å². The van der Waals surface area contributed by atoms with Gasteiger partial charge < -0.3 is 16.8 Å². The van der Waals surface area contributed by atoms with E-state index in [1.165, 1.54) is 12.3 Å². The fourth-order valence-electron chi connectivity index (χ4n) is 2.61. The molecule has 10 nitrogen and oxygen atoms in total. The summed E-state index contributed by atoms with van der Waals surface area (Å²) < 4.78 is 0. The van der Waals surface area contributed by atoms with Crippen molar-refractivity contribution in [2.24, 2.45) is 5.73 Å². The number of carbonyl (C=O) groups excluding carboxylic acids is 1. The lowest BCUT2D eigenvalue weighted by Crippen LogP contribution is -2.12. The lowest BCUT2D eigenvalue weighted by Gasteiger charge is -2.06. The van der Waals surface area contributed by atoms with E-state index in [4.69, 9.17) is 11.5 Å². The minimum Gasteiger partial charge on any atom is -0.368 e. The molecule has 0 bridgehead atoms. The molecular weight excluding hydrogens is 370 g/mol. The molecule has 0 atom stereocenters. The average molecular weight is 387 g/mol. The summed E-state index contributed by atoms with van der Waals surface area (Å²) in [5.41, 5.74) is 15.1. The standard InChI is InChI=1S/C19H17N9O/c1-10-2-5-12(6-3-10)23-19-25-17(24-18(21)26-19)15-8-14(27-28-15)11-4-7-13(16(20)29)22-9-11/h2-9H,1H3,(H2,20,29)(H,27,28)(H3,21,23,24,25,26). The number of nitrogens with one attached hydrogen (secondary N) is 2. The minimum atomic E-state index is -0.589. The lowest BCUT2D eigenvalue weighted by atomic mass is 10.2. The van der Waals surface area contributed by atoms with Gasteiger partial charge in [-0.2, -0.15) is 20.1 Å². The number of H-pyrrole nitrogens is 1. The highest BCUT2D eigenvalue weighted by Crippen LogP contribution is 2.23. The summed E-state index contributed by atoms with van der Waals surface area (Å²) in [5.74, 6) is 0.148. The highest BCUT2D eigenvalue weighted by molar-refractivity contribution is 5.91. The van der Waals surface area contributed by atoms with Crippen LogP contribution >= 0.6 is 0 Å². The van der Waals surface area contributed by atoms with Crippen LogP contribution in [-0.2, 0) is 0 Å². The van der Waals surface area contributed by atoms with Crippen LogP contribution in [0.4, 0.5) is 17.6 Å². The zero-order valence-corrected chi connectivity index (χ0v) is 15.4. The predicted molar refractivity (Wildman–Crippen MR) is 108 cm³/mol. The summed E-state index contributed by atoms with van der Waals surface area (Å²) >= 11 is 0. The molecule has 0 radical (unpaired) electrons. The van der Waals surface area contributed by atoms with E-state index >= 15 is 0 Å². The van der Waals surface area contributed by atoms with Gasteiger partial charge in [0.2, 0.25) is 11.9 Å². The van der Waals surface area contributed by atoms with E-state index in [-0.39, 0.29) is 11.6 Å². The largest absolute Gasteiger partial charge is 0.368 e. The van der Waals surface area contributed by atoms with E-state index in [1.54, 1.807) is 12.1 Å². The number of carbonyl (C=O) groups is 1. The molecule has 1 aromatic carbocycles. The predicted octanol–water partition coefficient (Wildman–Crippen LogP) is 2.06. The first-order valence-corrected chi connectivity index (χ1v) is 8.65. The molecule has 0 aliphatic carbocycles. The van der Waals surface area contributed by atoms with Crippen LogP contribution in [0.3, 0.4) is 0 Å². The number of aromatic nitrogens is 6. The van der Waals surface area contributed by atoms with E-state index in [9.17, 15) is 4.79 Å². The lowest BCUT2D eigenvalue weighted by molar-refractivity contribution is 0.0995. The molecule has 3 heterocycles. The molecule has 10 heteroatoms. The minimum absolute atomic E-state index is 0.0771. The average Bonchev–Trinajstić information content (AvgIpc) is 3.20. The quantitative estimate of drug-likeness (QED) is 0.404. The van der Waals surface area contributed by atoms with Crippen molar-refractivity contribution >= 4 is 23.5 Å². The monoisotopic (exact) mass is 387 g/mol. The molecule has 0 saturated carbocycles. The van der Waals surface area contributed by atoms with E-state index in [0.717, 1.165) is 11.3 Å². The fourth-order valence-corrected chi connectivity index (χ4v) is 2.61. The third-order valence-corrected chi connectivity index (χ3v) is 4.09. The maximum Gasteiger partial charge on any atom is 0.267 e. The first kappa shape index (κ1) is 18.0. The normalized spacial score (nSPS) is 10.7. The molecule has 29 heavy (non-hydrogen) atoms. The molecular formula is C19H17N9O. The Balaban J connectivity index is 1.61. The summed E-state index contributed by atoms with van der Waals surface area (Å²) in [6.45, 7) is 2.01. The molecule has 0 fully saturated rings.